The number of nitro groups is 1. The van der Waals surface area contributed by atoms with Crippen molar-refractivity contribution in [1.82, 2.24) is 9.55 Å². The summed E-state index contributed by atoms with van der Waals surface area (Å²) >= 11 is 0. The van der Waals surface area contributed by atoms with Crippen LogP contribution in [-0.2, 0) is 0 Å². The number of aryl methyl sites for hydroxylation is 1. The van der Waals surface area contributed by atoms with Gasteiger partial charge in [0.05, 0.1) is 0 Å². The molecule has 0 saturated heterocycles. The van der Waals surface area contributed by atoms with Gasteiger partial charge in [0.15, 0.2) is 0 Å². The maximum atomic E-state index is 10.9. The van der Waals surface area contributed by atoms with Crippen LogP contribution in [0.15, 0.2) is 6.20 Å². The molecular formula is C6H7N3O3. The molecule has 6 nitrogen and oxygen atoms in total. The summed E-state index contributed by atoms with van der Waals surface area (Å²) < 4.78 is 0.958. The number of hydrogen-bond acceptors (Lipinski definition) is 4. The number of aromatic nitrogens is 2. The van der Waals surface area contributed by atoms with E-state index in [4.69, 9.17) is 0 Å². The summed E-state index contributed by atoms with van der Waals surface area (Å²) in [7, 11) is 0. The van der Waals surface area contributed by atoms with Gasteiger partial charge in [-0.1, -0.05) is 0 Å². The quantitative estimate of drug-likeness (QED) is 0.459. The lowest BCUT2D eigenvalue weighted by atomic mass is 10.6. The fourth-order valence-electron chi connectivity index (χ4n) is 0.950. The van der Waals surface area contributed by atoms with Gasteiger partial charge in [-0.3, -0.25) is 0 Å². The largest absolute Gasteiger partial charge is 0.358 e. The van der Waals surface area contributed by atoms with Crippen LogP contribution in [-0.4, -0.2) is 20.4 Å². The van der Waals surface area contributed by atoms with Gasteiger partial charge >= 0.3 is 11.7 Å². The molecule has 64 valence electrons. The number of hydrogen-bond donors (Lipinski definition) is 0. The van der Waals surface area contributed by atoms with Crippen LogP contribution in [0, 0.1) is 17.0 Å². The Morgan fingerprint density at radius 2 is 2.33 bits per heavy atom. The van der Waals surface area contributed by atoms with Crippen LogP contribution in [0.1, 0.15) is 17.5 Å². The number of carbonyl (C=O) groups is 1. The molecule has 0 bridgehead atoms. The minimum Gasteiger partial charge on any atom is -0.358 e. The van der Waals surface area contributed by atoms with Gasteiger partial charge < -0.3 is 10.1 Å². The Morgan fingerprint density at radius 3 is 2.67 bits per heavy atom. The maximum absolute atomic E-state index is 10.9. The average Bonchev–Trinajstić information content (AvgIpc) is 2.30. The second-order valence-electron chi connectivity index (χ2n) is 2.28. The number of nitrogens with zero attached hydrogens (tertiary/aromatic N) is 3. The van der Waals surface area contributed by atoms with E-state index in [0.29, 0.717) is 5.82 Å². The Morgan fingerprint density at radius 1 is 1.75 bits per heavy atom. The van der Waals surface area contributed by atoms with E-state index in [9.17, 15) is 14.9 Å². The van der Waals surface area contributed by atoms with Crippen LogP contribution in [0.4, 0.5) is 5.82 Å². The molecule has 0 saturated carbocycles. The highest BCUT2D eigenvalue weighted by atomic mass is 16.6. The summed E-state index contributed by atoms with van der Waals surface area (Å²) in [5.74, 6) is -0.370. The molecule has 0 unspecified atom stereocenters. The lowest BCUT2D eigenvalue weighted by molar-refractivity contribution is -0.390. The molecule has 0 atom stereocenters. The van der Waals surface area contributed by atoms with E-state index in [1.165, 1.54) is 13.8 Å². The van der Waals surface area contributed by atoms with Crippen molar-refractivity contribution in [2.24, 2.45) is 0 Å². The fraction of sp³-hybridized carbons (Fsp3) is 0.333. The number of imidazole rings is 1. The highest BCUT2D eigenvalue weighted by Crippen LogP contribution is 2.12. The van der Waals surface area contributed by atoms with Crippen molar-refractivity contribution < 1.29 is 9.72 Å². The Labute approximate surface area is 68.0 Å². The molecular weight excluding hydrogens is 162 g/mol. The predicted molar refractivity (Wildman–Crippen MR) is 39.9 cm³/mol. The first-order chi connectivity index (χ1) is 5.54. The first-order valence-corrected chi connectivity index (χ1v) is 3.23. The van der Waals surface area contributed by atoms with E-state index >= 15 is 0 Å². The number of rotatable bonds is 1. The zero-order valence-corrected chi connectivity index (χ0v) is 6.64. The second-order valence-corrected chi connectivity index (χ2v) is 2.28. The van der Waals surface area contributed by atoms with Gasteiger partial charge in [0.25, 0.3) is 0 Å². The van der Waals surface area contributed by atoms with Crippen LogP contribution < -0.4 is 0 Å². The lowest BCUT2D eigenvalue weighted by Crippen LogP contribution is -2.10. The molecule has 0 amide bonds. The minimum atomic E-state index is -0.637. The van der Waals surface area contributed by atoms with Crippen LogP contribution in [0.3, 0.4) is 0 Å². The van der Waals surface area contributed by atoms with Crippen LogP contribution in [0.5, 0.6) is 0 Å². The molecule has 0 fully saturated rings. The maximum Gasteiger partial charge on any atom is 0.350 e. The highest BCUT2D eigenvalue weighted by molar-refractivity contribution is 5.79. The molecule has 0 aliphatic carbocycles. The molecule has 0 spiro atoms. The third-order valence-electron chi connectivity index (χ3n) is 1.42. The van der Waals surface area contributed by atoms with Crippen molar-refractivity contribution in [3.05, 3.63) is 22.1 Å². The van der Waals surface area contributed by atoms with Crippen LogP contribution in [0.25, 0.3) is 0 Å². The normalized spacial score (nSPS) is 9.83. The van der Waals surface area contributed by atoms with Crippen molar-refractivity contribution in [1.29, 1.82) is 0 Å². The second kappa shape index (κ2) is 2.72. The predicted octanol–water partition coefficient (Wildman–Crippen LogP) is 0.760. The van der Waals surface area contributed by atoms with Crippen molar-refractivity contribution in [3.8, 4) is 0 Å². The van der Waals surface area contributed by atoms with Gasteiger partial charge in [0, 0.05) is 13.8 Å². The summed E-state index contributed by atoms with van der Waals surface area (Å²) in [6.07, 6.45) is 1.07. The van der Waals surface area contributed by atoms with E-state index in [2.05, 4.69) is 4.98 Å². The van der Waals surface area contributed by atoms with E-state index in [0.717, 1.165) is 10.8 Å². The van der Waals surface area contributed by atoms with Gasteiger partial charge in [-0.25, -0.2) is 9.78 Å². The Kier molecular flexibility index (Phi) is 1.90. The van der Waals surface area contributed by atoms with Crippen molar-refractivity contribution in [2.45, 2.75) is 13.8 Å². The Balaban J connectivity index is 3.31. The standard InChI is InChI=1S/C6H7N3O3/c1-4-7-3-6(9(11)12)8(4)5(2)10/h3H,1-2H3. The first-order valence-electron chi connectivity index (χ1n) is 3.23. The Hall–Kier alpha value is -1.72. The molecule has 1 aromatic heterocycles. The van der Waals surface area contributed by atoms with Gasteiger partial charge in [-0.2, -0.15) is 0 Å². The van der Waals surface area contributed by atoms with Gasteiger partial charge in [0.2, 0.25) is 5.82 Å². The highest BCUT2D eigenvalue weighted by Gasteiger charge is 2.20. The molecule has 0 aromatic carbocycles. The monoisotopic (exact) mass is 169 g/mol. The van der Waals surface area contributed by atoms with Gasteiger partial charge in [-0.05, 0) is 4.92 Å². The summed E-state index contributed by atoms with van der Waals surface area (Å²) in [6.45, 7) is 2.79. The zero-order valence-electron chi connectivity index (χ0n) is 6.64. The van der Waals surface area contributed by atoms with Crippen LogP contribution in [0.2, 0.25) is 0 Å². The lowest BCUT2D eigenvalue weighted by Gasteiger charge is -1.95. The Bertz CT molecular complexity index is 342. The van der Waals surface area contributed by atoms with Gasteiger partial charge in [0.1, 0.15) is 6.20 Å². The third kappa shape index (κ3) is 1.18. The first kappa shape index (κ1) is 8.38. The zero-order chi connectivity index (χ0) is 9.30. The van der Waals surface area contributed by atoms with E-state index < -0.39 is 10.8 Å². The minimum absolute atomic E-state index is 0.292. The molecule has 1 rings (SSSR count). The van der Waals surface area contributed by atoms with Crippen molar-refractivity contribution >= 4 is 11.7 Å². The van der Waals surface area contributed by atoms with Crippen LogP contribution >= 0.6 is 0 Å². The molecule has 0 aliphatic rings. The van der Waals surface area contributed by atoms with Crippen molar-refractivity contribution in [2.75, 3.05) is 0 Å². The van der Waals surface area contributed by atoms with E-state index in [-0.39, 0.29) is 5.82 Å². The molecule has 6 heteroatoms. The smallest absolute Gasteiger partial charge is 0.350 e. The third-order valence-corrected chi connectivity index (χ3v) is 1.42. The SMILES string of the molecule is CC(=O)n1c([N+](=O)[O-])cnc1C. The average molecular weight is 169 g/mol. The molecule has 1 aromatic rings. The van der Waals surface area contributed by atoms with E-state index in [1.54, 1.807) is 0 Å². The summed E-state index contributed by atoms with van der Waals surface area (Å²) in [4.78, 5) is 24.2. The molecule has 0 radical (unpaired) electrons. The molecule has 12 heavy (non-hydrogen) atoms. The summed E-state index contributed by atoms with van der Waals surface area (Å²) in [6, 6.07) is 0. The van der Waals surface area contributed by atoms with Gasteiger partial charge in [-0.15, -0.1) is 4.57 Å². The molecule has 0 N–H and O–H groups in total. The fourth-order valence-corrected chi connectivity index (χ4v) is 0.950. The van der Waals surface area contributed by atoms with Crippen molar-refractivity contribution in [3.63, 3.8) is 0 Å². The molecule has 1 heterocycles. The summed E-state index contributed by atoms with van der Waals surface area (Å²) in [5.41, 5.74) is 0. The molecule has 0 aliphatic heterocycles. The number of carbonyl (C=O) groups excluding carboxylic acids is 1. The van der Waals surface area contributed by atoms with E-state index in [1.807, 2.05) is 0 Å². The topological polar surface area (TPSA) is 78.0 Å². The summed E-state index contributed by atoms with van der Waals surface area (Å²) in [5, 5.41) is 10.3.